The maximum absolute atomic E-state index is 10.7. The molecule has 0 saturated heterocycles. The van der Waals surface area contributed by atoms with Crippen molar-refractivity contribution in [2.75, 3.05) is 0 Å². The Morgan fingerprint density at radius 1 is 1.22 bits per heavy atom. The average molecular weight is 347 g/mol. The number of aliphatic carboxylic acids is 1. The summed E-state index contributed by atoms with van der Waals surface area (Å²) in [5, 5.41) is 15.3. The highest BCUT2D eigenvalue weighted by Gasteiger charge is 2.10. The van der Waals surface area contributed by atoms with Gasteiger partial charge in [-0.25, -0.2) is 4.79 Å². The molecule has 0 radical (unpaired) electrons. The molecule has 1 N–H and O–H groups in total. The van der Waals surface area contributed by atoms with Gasteiger partial charge in [0, 0.05) is 21.5 Å². The molecule has 0 fully saturated rings. The predicted molar refractivity (Wildman–Crippen MR) is 92.0 cm³/mol. The summed E-state index contributed by atoms with van der Waals surface area (Å²) in [6.45, 7) is 0.470. The normalized spacial score (nSPS) is 11.4. The second-order valence-corrected chi connectivity index (χ2v) is 5.81. The van der Waals surface area contributed by atoms with E-state index in [2.05, 4.69) is 5.10 Å². The van der Waals surface area contributed by atoms with Gasteiger partial charge in [-0.1, -0.05) is 47.5 Å². The van der Waals surface area contributed by atoms with Crippen molar-refractivity contribution in [1.82, 2.24) is 9.78 Å². The van der Waals surface area contributed by atoms with E-state index in [1.54, 1.807) is 16.8 Å². The quantitative estimate of drug-likeness (QED) is 0.708. The van der Waals surface area contributed by atoms with Gasteiger partial charge < -0.3 is 5.11 Å². The summed E-state index contributed by atoms with van der Waals surface area (Å²) in [6, 6.07) is 13.0. The molecule has 0 aliphatic heterocycles. The van der Waals surface area contributed by atoms with Gasteiger partial charge in [0.25, 0.3) is 0 Å². The van der Waals surface area contributed by atoms with E-state index in [4.69, 9.17) is 28.3 Å². The van der Waals surface area contributed by atoms with Crippen LogP contribution in [-0.4, -0.2) is 20.9 Å². The first kappa shape index (κ1) is 15.6. The molecule has 0 amide bonds. The first-order valence-corrected chi connectivity index (χ1v) is 7.60. The van der Waals surface area contributed by atoms with Gasteiger partial charge in [-0.2, -0.15) is 5.10 Å². The van der Waals surface area contributed by atoms with E-state index >= 15 is 0 Å². The lowest BCUT2D eigenvalue weighted by Gasteiger charge is -2.06. The van der Waals surface area contributed by atoms with Gasteiger partial charge in [0.15, 0.2) is 0 Å². The van der Waals surface area contributed by atoms with Crippen LogP contribution in [-0.2, 0) is 11.3 Å². The number of carbonyl (C=O) groups is 1. The van der Waals surface area contributed by atoms with Crippen LogP contribution >= 0.6 is 23.2 Å². The highest BCUT2D eigenvalue weighted by atomic mass is 35.5. The van der Waals surface area contributed by atoms with Crippen molar-refractivity contribution < 1.29 is 9.90 Å². The van der Waals surface area contributed by atoms with Crippen LogP contribution in [0, 0.1) is 0 Å². The topological polar surface area (TPSA) is 55.1 Å². The first-order valence-electron chi connectivity index (χ1n) is 6.85. The highest BCUT2D eigenvalue weighted by Crippen LogP contribution is 2.25. The monoisotopic (exact) mass is 346 g/mol. The molecule has 3 aromatic rings. The number of rotatable bonds is 4. The van der Waals surface area contributed by atoms with Crippen LogP contribution in [0.4, 0.5) is 0 Å². The third-order valence-corrected chi connectivity index (χ3v) is 3.99. The molecule has 4 nitrogen and oxygen atoms in total. The maximum Gasteiger partial charge on any atom is 0.328 e. The molecule has 0 aliphatic rings. The Kier molecular flexibility index (Phi) is 4.37. The van der Waals surface area contributed by atoms with E-state index in [1.807, 2.05) is 30.3 Å². The summed E-state index contributed by atoms with van der Waals surface area (Å²) < 4.78 is 1.80. The Hall–Kier alpha value is -2.30. The molecule has 0 saturated carbocycles. The fourth-order valence-corrected chi connectivity index (χ4v) is 2.83. The van der Waals surface area contributed by atoms with Crippen LogP contribution in [0.2, 0.25) is 10.0 Å². The molecule has 0 unspecified atom stereocenters. The van der Waals surface area contributed by atoms with Crippen molar-refractivity contribution in [3.05, 3.63) is 69.8 Å². The molecular formula is C17H12Cl2N2O2. The lowest BCUT2D eigenvalue weighted by molar-refractivity contribution is -0.131. The van der Waals surface area contributed by atoms with Gasteiger partial charge in [0.2, 0.25) is 0 Å². The Morgan fingerprint density at radius 3 is 2.74 bits per heavy atom. The number of halogens is 2. The molecular weight excluding hydrogens is 335 g/mol. The largest absolute Gasteiger partial charge is 0.478 e. The third kappa shape index (κ3) is 3.38. The van der Waals surface area contributed by atoms with E-state index in [0.29, 0.717) is 22.3 Å². The third-order valence-electron chi connectivity index (χ3n) is 3.41. The summed E-state index contributed by atoms with van der Waals surface area (Å²) in [7, 11) is 0. The molecule has 0 aliphatic carbocycles. The highest BCUT2D eigenvalue weighted by molar-refractivity contribution is 6.35. The van der Waals surface area contributed by atoms with Crippen molar-refractivity contribution in [1.29, 1.82) is 0 Å². The number of benzene rings is 2. The van der Waals surface area contributed by atoms with E-state index in [-0.39, 0.29) is 0 Å². The van der Waals surface area contributed by atoms with Crippen LogP contribution in [0.1, 0.15) is 11.3 Å². The molecule has 1 heterocycles. The molecule has 2 aromatic carbocycles. The summed E-state index contributed by atoms with van der Waals surface area (Å²) in [4.78, 5) is 10.7. The molecule has 0 bridgehead atoms. The minimum absolute atomic E-state index is 0.470. The number of nitrogens with zero attached hydrogens (tertiary/aromatic N) is 2. The van der Waals surface area contributed by atoms with Crippen molar-refractivity contribution >= 4 is 46.2 Å². The number of hydrogen-bond acceptors (Lipinski definition) is 2. The van der Waals surface area contributed by atoms with Gasteiger partial charge in [-0.05, 0) is 29.8 Å². The Balaban J connectivity index is 2.05. The van der Waals surface area contributed by atoms with Crippen LogP contribution in [0.5, 0.6) is 0 Å². The summed E-state index contributed by atoms with van der Waals surface area (Å²) in [5.74, 6) is -1.01. The SMILES string of the molecule is O=C(O)C=Cc1nn(Cc2ccc(Cl)cc2Cl)c2ccccc12. The van der Waals surface area contributed by atoms with Crippen LogP contribution in [0.15, 0.2) is 48.5 Å². The number of hydrogen-bond donors (Lipinski definition) is 1. The zero-order chi connectivity index (χ0) is 16.4. The van der Waals surface area contributed by atoms with Gasteiger partial charge in [0.1, 0.15) is 0 Å². The van der Waals surface area contributed by atoms with E-state index in [1.165, 1.54) is 6.08 Å². The van der Waals surface area contributed by atoms with Gasteiger partial charge in [0.05, 0.1) is 17.8 Å². The average Bonchev–Trinajstić information content (AvgIpc) is 2.86. The van der Waals surface area contributed by atoms with Crippen molar-refractivity contribution in [2.24, 2.45) is 0 Å². The number of para-hydroxylation sites is 1. The van der Waals surface area contributed by atoms with E-state index < -0.39 is 5.97 Å². The lowest BCUT2D eigenvalue weighted by Crippen LogP contribution is -2.02. The second kappa shape index (κ2) is 6.44. The minimum atomic E-state index is -1.01. The molecule has 0 spiro atoms. The second-order valence-electron chi connectivity index (χ2n) is 4.97. The minimum Gasteiger partial charge on any atom is -0.478 e. The number of fused-ring (bicyclic) bond motifs is 1. The molecule has 3 rings (SSSR count). The molecule has 1 aromatic heterocycles. The Bertz CT molecular complexity index is 916. The van der Waals surface area contributed by atoms with E-state index in [0.717, 1.165) is 22.5 Å². The lowest BCUT2D eigenvalue weighted by atomic mass is 10.2. The van der Waals surface area contributed by atoms with E-state index in [9.17, 15) is 4.79 Å². The zero-order valence-corrected chi connectivity index (χ0v) is 13.4. The number of carboxylic acids is 1. The summed E-state index contributed by atoms with van der Waals surface area (Å²) in [6.07, 6.45) is 2.57. The number of carboxylic acid groups (broad SMARTS) is 1. The molecule has 0 atom stereocenters. The van der Waals surface area contributed by atoms with Crippen LogP contribution in [0.3, 0.4) is 0 Å². The fraction of sp³-hybridized carbons (Fsp3) is 0.0588. The smallest absolute Gasteiger partial charge is 0.328 e. The van der Waals surface area contributed by atoms with Gasteiger partial charge in [-0.15, -0.1) is 0 Å². The Labute approximate surface area is 142 Å². The van der Waals surface area contributed by atoms with Gasteiger partial charge in [-0.3, -0.25) is 4.68 Å². The maximum atomic E-state index is 10.7. The standard InChI is InChI=1S/C17H12Cl2N2O2/c18-12-6-5-11(14(19)9-12)10-21-16-4-2-1-3-13(16)15(20-21)7-8-17(22)23/h1-9H,10H2,(H,22,23). The Morgan fingerprint density at radius 2 is 2.00 bits per heavy atom. The summed E-state index contributed by atoms with van der Waals surface area (Å²) in [5.41, 5.74) is 2.40. The predicted octanol–water partition coefficient (Wildman–Crippen LogP) is 4.49. The molecule has 23 heavy (non-hydrogen) atoms. The molecule has 6 heteroatoms. The fourth-order valence-electron chi connectivity index (χ4n) is 2.36. The summed E-state index contributed by atoms with van der Waals surface area (Å²) >= 11 is 12.1. The number of aromatic nitrogens is 2. The van der Waals surface area contributed by atoms with Crippen LogP contribution in [0.25, 0.3) is 17.0 Å². The van der Waals surface area contributed by atoms with Crippen molar-refractivity contribution in [3.63, 3.8) is 0 Å². The zero-order valence-electron chi connectivity index (χ0n) is 11.9. The van der Waals surface area contributed by atoms with Crippen molar-refractivity contribution in [2.45, 2.75) is 6.54 Å². The first-order chi connectivity index (χ1) is 11.0. The molecule has 116 valence electrons. The van der Waals surface area contributed by atoms with Gasteiger partial charge >= 0.3 is 5.97 Å². The van der Waals surface area contributed by atoms with Crippen molar-refractivity contribution in [3.8, 4) is 0 Å². The van der Waals surface area contributed by atoms with Crippen LogP contribution < -0.4 is 0 Å².